The van der Waals surface area contributed by atoms with Crippen LogP contribution >= 0.6 is 0 Å². The fourth-order valence-electron chi connectivity index (χ4n) is 3.13. The van der Waals surface area contributed by atoms with Crippen molar-refractivity contribution in [3.63, 3.8) is 0 Å². The van der Waals surface area contributed by atoms with Crippen molar-refractivity contribution in [2.75, 3.05) is 32.8 Å². The number of likely N-dealkylation sites (N-methyl/N-ethyl adjacent to an activating group) is 1. The Kier molecular flexibility index (Phi) is 7.92. The van der Waals surface area contributed by atoms with Crippen molar-refractivity contribution < 1.29 is 27.1 Å². The molecule has 0 radical (unpaired) electrons. The molecule has 0 spiro atoms. The Morgan fingerprint density at radius 1 is 1.24 bits per heavy atom. The van der Waals surface area contributed by atoms with Crippen LogP contribution in [0.2, 0.25) is 0 Å². The SMILES string of the molecule is C=C(C)CN(CC)C(=O)COC(=O)C1CCN(S(=O)(=O)c2ccc(F)cc2)CC1. The first-order valence-electron chi connectivity index (χ1n) is 9.49. The van der Waals surface area contributed by atoms with E-state index in [1.807, 2.05) is 13.8 Å². The monoisotopic (exact) mass is 426 g/mol. The number of carbonyl (C=O) groups excluding carboxylic acids is 2. The van der Waals surface area contributed by atoms with Gasteiger partial charge in [-0.25, -0.2) is 12.8 Å². The van der Waals surface area contributed by atoms with Gasteiger partial charge in [-0.15, -0.1) is 0 Å². The summed E-state index contributed by atoms with van der Waals surface area (Å²) in [7, 11) is -3.73. The molecule has 0 aromatic heterocycles. The zero-order valence-corrected chi connectivity index (χ0v) is 17.6. The zero-order valence-electron chi connectivity index (χ0n) is 16.8. The van der Waals surface area contributed by atoms with Gasteiger partial charge < -0.3 is 9.64 Å². The number of hydrogen-bond donors (Lipinski definition) is 0. The minimum Gasteiger partial charge on any atom is -0.455 e. The predicted octanol–water partition coefficient (Wildman–Crippen LogP) is 2.19. The van der Waals surface area contributed by atoms with E-state index in [-0.39, 0.29) is 30.5 Å². The lowest BCUT2D eigenvalue weighted by Crippen LogP contribution is -2.41. The molecule has 0 bridgehead atoms. The summed E-state index contributed by atoms with van der Waals surface area (Å²) in [4.78, 5) is 26.0. The third-order valence-electron chi connectivity index (χ3n) is 4.77. The Morgan fingerprint density at radius 3 is 2.34 bits per heavy atom. The van der Waals surface area contributed by atoms with Crippen LogP contribution in [0.3, 0.4) is 0 Å². The molecular weight excluding hydrogens is 399 g/mol. The van der Waals surface area contributed by atoms with E-state index in [0.29, 0.717) is 25.9 Å². The normalized spacial score (nSPS) is 15.7. The van der Waals surface area contributed by atoms with E-state index >= 15 is 0 Å². The number of carbonyl (C=O) groups is 2. The first kappa shape index (κ1) is 23.0. The molecular formula is C20H27FN2O5S. The maximum absolute atomic E-state index is 13.0. The standard InChI is InChI=1S/C20H27FN2O5S/c1-4-22(13-15(2)3)19(24)14-28-20(25)16-9-11-23(12-10-16)29(26,27)18-7-5-17(21)6-8-18/h5-8,16H,2,4,9-14H2,1,3H3. The second-order valence-electron chi connectivity index (χ2n) is 7.11. The van der Waals surface area contributed by atoms with Gasteiger partial charge in [0.05, 0.1) is 10.8 Å². The molecule has 0 aliphatic carbocycles. The van der Waals surface area contributed by atoms with Gasteiger partial charge in [-0.3, -0.25) is 9.59 Å². The van der Waals surface area contributed by atoms with E-state index in [1.165, 1.54) is 16.4 Å². The minimum absolute atomic E-state index is 0.0164. The summed E-state index contributed by atoms with van der Waals surface area (Å²) in [6.45, 7) is 8.29. The molecule has 2 rings (SSSR count). The number of piperidine rings is 1. The van der Waals surface area contributed by atoms with Gasteiger partial charge in [-0.2, -0.15) is 4.31 Å². The van der Waals surface area contributed by atoms with Crippen molar-refractivity contribution in [2.24, 2.45) is 5.92 Å². The number of hydrogen-bond acceptors (Lipinski definition) is 5. The van der Waals surface area contributed by atoms with E-state index < -0.39 is 27.7 Å². The molecule has 1 aliphatic heterocycles. The first-order valence-corrected chi connectivity index (χ1v) is 10.9. The summed E-state index contributed by atoms with van der Waals surface area (Å²) in [5, 5.41) is 0. The molecule has 0 saturated carbocycles. The smallest absolute Gasteiger partial charge is 0.309 e. The number of amides is 1. The quantitative estimate of drug-likeness (QED) is 0.470. The summed E-state index contributed by atoms with van der Waals surface area (Å²) in [6.07, 6.45) is 0.605. The number of rotatable bonds is 8. The van der Waals surface area contributed by atoms with Crippen LogP contribution in [-0.2, 0) is 24.3 Å². The third-order valence-corrected chi connectivity index (χ3v) is 6.68. The van der Waals surface area contributed by atoms with Crippen molar-refractivity contribution in [3.05, 3.63) is 42.2 Å². The molecule has 1 aromatic carbocycles. The minimum atomic E-state index is -3.73. The summed E-state index contributed by atoms with van der Waals surface area (Å²) < 4.78 is 44.7. The summed E-state index contributed by atoms with van der Waals surface area (Å²) in [5.41, 5.74) is 0.835. The Balaban J connectivity index is 1.87. The van der Waals surface area contributed by atoms with Gasteiger partial charge in [-0.1, -0.05) is 12.2 Å². The van der Waals surface area contributed by atoms with Crippen LogP contribution in [0, 0.1) is 11.7 Å². The molecule has 1 amide bonds. The van der Waals surface area contributed by atoms with Crippen molar-refractivity contribution >= 4 is 21.9 Å². The lowest BCUT2D eigenvalue weighted by Gasteiger charge is -2.30. The van der Waals surface area contributed by atoms with Crippen LogP contribution in [0.5, 0.6) is 0 Å². The summed E-state index contributed by atoms with van der Waals surface area (Å²) >= 11 is 0. The Labute approximate surface area is 171 Å². The largest absolute Gasteiger partial charge is 0.455 e. The molecule has 0 N–H and O–H groups in total. The van der Waals surface area contributed by atoms with Crippen molar-refractivity contribution in [1.29, 1.82) is 0 Å². The van der Waals surface area contributed by atoms with Crippen LogP contribution in [-0.4, -0.2) is 62.3 Å². The van der Waals surface area contributed by atoms with Gasteiger partial charge in [-0.05, 0) is 51.0 Å². The van der Waals surface area contributed by atoms with Gasteiger partial charge >= 0.3 is 5.97 Å². The van der Waals surface area contributed by atoms with Gasteiger partial charge in [0, 0.05) is 26.2 Å². The van der Waals surface area contributed by atoms with E-state index in [0.717, 1.165) is 17.7 Å². The molecule has 7 nitrogen and oxygen atoms in total. The van der Waals surface area contributed by atoms with E-state index in [2.05, 4.69) is 6.58 Å². The number of esters is 1. The highest BCUT2D eigenvalue weighted by Gasteiger charge is 2.33. The third kappa shape index (κ3) is 6.11. The van der Waals surface area contributed by atoms with Gasteiger partial charge in [0.15, 0.2) is 6.61 Å². The van der Waals surface area contributed by atoms with E-state index in [9.17, 15) is 22.4 Å². The molecule has 0 unspecified atom stereocenters. The highest BCUT2D eigenvalue weighted by atomic mass is 32.2. The Hall–Kier alpha value is -2.26. The maximum Gasteiger partial charge on any atom is 0.309 e. The van der Waals surface area contributed by atoms with Gasteiger partial charge in [0.1, 0.15) is 5.82 Å². The van der Waals surface area contributed by atoms with Crippen LogP contribution in [0.1, 0.15) is 26.7 Å². The van der Waals surface area contributed by atoms with Gasteiger partial charge in [0.2, 0.25) is 10.0 Å². The lowest BCUT2D eigenvalue weighted by atomic mass is 9.98. The first-order chi connectivity index (χ1) is 13.6. The van der Waals surface area contributed by atoms with Crippen LogP contribution in [0.4, 0.5) is 4.39 Å². The number of benzene rings is 1. The molecule has 160 valence electrons. The van der Waals surface area contributed by atoms with Crippen LogP contribution in [0.15, 0.2) is 41.3 Å². The van der Waals surface area contributed by atoms with Crippen LogP contribution in [0.25, 0.3) is 0 Å². The molecule has 1 aromatic rings. The Morgan fingerprint density at radius 2 is 1.83 bits per heavy atom. The molecule has 1 fully saturated rings. The van der Waals surface area contributed by atoms with Crippen molar-refractivity contribution in [3.8, 4) is 0 Å². The lowest BCUT2D eigenvalue weighted by molar-refractivity contribution is -0.156. The molecule has 9 heteroatoms. The average Bonchev–Trinajstić information content (AvgIpc) is 2.70. The Bertz CT molecular complexity index is 846. The molecule has 29 heavy (non-hydrogen) atoms. The topological polar surface area (TPSA) is 84.0 Å². The predicted molar refractivity (Wildman–Crippen MR) is 106 cm³/mol. The van der Waals surface area contributed by atoms with Gasteiger partial charge in [0.25, 0.3) is 5.91 Å². The van der Waals surface area contributed by atoms with E-state index in [4.69, 9.17) is 4.74 Å². The zero-order chi connectivity index (χ0) is 21.6. The second kappa shape index (κ2) is 9.98. The number of nitrogens with zero attached hydrogens (tertiary/aromatic N) is 2. The molecule has 0 atom stereocenters. The number of sulfonamides is 1. The molecule has 1 saturated heterocycles. The number of ether oxygens (including phenoxy) is 1. The summed E-state index contributed by atoms with van der Waals surface area (Å²) in [6, 6.07) is 4.64. The maximum atomic E-state index is 13.0. The highest BCUT2D eigenvalue weighted by molar-refractivity contribution is 7.89. The van der Waals surface area contributed by atoms with Crippen LogP contribution < -0.4 is 0 Å². The average molecular weight is 427 g/mol. The highest BCUT2D eigenvalue weighted by Crippen LogP contribution is 2.24. The molecule has 1 heterocycles. The fourth-order valence-corrected chi connectivity index (χ4v) is 4.60. The van der Waals surface area contributed by atoms with E-state index in [1.54, 1.807) is 4.90 Å². The summed E-state index contributed by atoms with van der Waals surface area (Å²) in [5.74, 6) is -1.76. The van der Waals surface area contributed by atoms with Crippen molar-refractivity contribution in [2.45, 2.75) is 31.6 Å². The fraction of sp³-hybridized carbons (Fsp3) is 0.500. The molecule has 1 aliphatic rings. The van der Waals surface area contributed by atoms with Crippen molar-refractivity contribution in [1.82, 2.24) is 9.21 Å². The number of halogens is 1. The second-order valence-corrected chi connectivity index (χ2v) is 9.04.